The van der Waals surface area contributed by atoms with Gasteiger partial charge in [-0.25, -0.2) is 18.1 Å². The SMILES string of the molecule is CC(C)n1cnc(S(=O)(=O)NC[C@H]2Cc3ccccc32)c1. The quantitative estimate of drug-likeness (QED) is 0.920. The molecule has 0 saturated heterocycles. The van der Waals surface area contributed by atoms with Crippen LogP contribution in [0.25, 0.3) is 0 Å². The first-order valence-corrected chi connectivity index (χ1v) is 8.56. The molecule has 5 nitrogen and oxygen atoms in total. The van der Waals surface area contributed by atoms with Crippen LogP contribution in [0.2, 0.25) is 0 Å². The summed E-state index contributed by atoms with van der Waals surface area (Å²) in [5.74, 6) is 0.267. The molecule has 112 valence electrons. The first-order chi connectivity index (χ1) is 9.97. The minimum absolute atomic E-state index is 0.0869. The van der Waals surface area contributed by atoms with Crippen LogP contribution in [0.1, 0.15) is 36.9 Å². The molecule has 0 saturated carbocycles. The second-order valence-corrected chi connectivity index (χ2v) is 7.42. The van der Waals surface area contributed by atoms with Crippen molar-refractivity contribution in [2.45, 2.75) is 37.3 Å². The van der Waals surface area contributed by atoms with Crippen molar-refractivity contribution in [1.29, 1.82) is 0 Å². The van der Waals surface area contributed by atoms with Crippen molar-refractivity contribution in [2.75, 3.05) is 6.54 Å². The zero-order chi connectivity index (χ0) is 15.0. The van der Waals surface area contributed by atoms with Gasteiger partial charge in [0.15, 0.2) is 5.03 Å². The molecule has 1 aliphatic carbocycles. The van der Waals surface area contributed by atoms with E-state index in [9.17, 15) is 8.42 Å². The molecule has 0 aliphatic heterocycles. The topological polar surface area (TPSA) is 64.0 Å². The van der Waals surface area contributed by atoms with Gasteiger partial charge in [-0.05, 0) is 31.4 Å². The molecule has 0 radical (unpaired) electrons. The van der Waals surface area contributed by atoms with Gasteiger partial charge in [0.2, 0.25) is 0 Å². The predicted octanol–water partition coefficient (Wildman–Crippen LogP) is 2.08. The predicted molar refractivity (Wildman–Crippen MR) is 80.7 cm³/mol. The van der Waals surface area contributed by atoms with E-state index in [-0.39, 0.29) is 17.0 Å². The van der Waals surface area contributed by atoms with Gasteiger partial charge in [-0.3, -0.25) is 0 Å². The van der Waals surface area contributed by atoms with Crippen molar-refractivity contribution in [2.24, 2.45) is 0 Å². The van der Waals surface area contributed by atoms with Gasteiger partial charge in [0.05, 0.1) is 6.33 Å². The fraction of sp³-hybridized carbons (Fsp3) is 0.400. The Hall–Kier alpha value is -1.66. The van der Waals surface area contributed by atoms with Gasteiger partial charge >= 0.3 is 0 Å². The molecule has 0 spiro atoms. The van der Waals surface area contributed by atoms with E-state index < -0.39 is 10.0 Å². The summed E-state index contributed by atoms with van der Waals surface area (Å²) < 4.78 is 28.9. The Morgan fingerprint density at radius 3 is 2.81 bits per heavy atom. The Bertz CT molecular complexity index is 750. The lowest BCUT2D eigenvalue weighted by Gasteiger charge is -2.29. The smallest absolute Gasteiger partial charge is 0.259 e. The van der Waals surface area contributed by atoms with E-state index in [1.165, 1.54) is 11.1 Å². The Morgan fingerprint density at radius 2 is 2.14 bits per heavy atom. The van der Waals surface area contributed by atoms with Crippen LogP contribution in [0.4, 0.5) is 0 Å². The third kappa shape index (κ3) is 2.73. The maximum atomic E-state index is 12.2. The number of fused-ring (bicyclic) bond motifs is 1. The van der Waals surface area contributed by atoms with Gasteiger partial charge in [0, 0.05) is 24.7 Å². The minimum atomic E-state index is -3.53. The van der Waals surface area contributed by atoms with Crippen LogP contribution >= 0.6 is 0 Å². The fourth-order valence-corrected chi connectivity index (χ4v) is 3.58. The normalized spacial score (nSPS) is 17.6. The molecule has 0 amide bonds. The van der Waals surface area contributed by atoms with Crippen LogP contribution in [0.3, 0.4) is 0 Å². The van der Waals surface area contributed by atoms with Gasteiger partial charge in [-0.1, -0.05) is 24.3 Å². The first-order valence-electron chi connectivity index (χ1n) is 7.08. The van der Waals surface area contributed by atoms with Gasteiger partial charge in [-0.15, -0.1) is 0 Å². The van der Waals surface area contributed by atoms with Crippen molar-refractivity contribution < 1.29 is 8.42 Å². The molecule has 1 heterocycles. The zero-order valence-corrected chi connectivity index (χ0v) is 13.0. The summed E-state index contributed by atoms with van der Waals surface area (Å²) in [5.41, 5.74) is 2.55. The Labute approximate surface area is 125 Å². The second-order valence-electron chi connectivity index (χ2n) is 5.70. The summed E-state index contributed by atoms with van der Waals surface area (Å²) in [7, 11) is -3.53. The van der Waals surface area contributed by atoms with E-state index in [1.54, 1.807) is 17.1 Å². The molecule has 1 aromatic carbocycles. The van der Waals surface area contributed by atoms with Crippen molar-refractivity contribution in [3.8, 4) is 0 Å². The van der Waals surface area contributed by atoms with Crippen molar-refractivity contribution in [3.63, 3.8) is 0 Å². The molecular weight excluding hydrogens is 286 g/mol. The van der Waals surface area contributed by atoms with E-state index in [0.717, 1.165) is 6.42 Å². The summed E-state index contributed by atoms with van der Waals surface area (Å²) >= 11 is 0. The summed E-state index contributed by atoms with van der Waals surface area (Å²) in [6.45, 7) is 4.39. The number of nitrogens with zero attached hydrogens (tertiary/aromatic N) is 2. The number of rotatable bonds is 5. The number of imidazole rings is 1. The summed E-state index contributed by atoms with van der Waals surface area (Å²) in [6, 6.07) is 8.34. The van der Waals surface area contributed by atoms with E-state index in [4.69, 9.17) is 0 Å². The molecule has 6 heteroatoms. The number of hydrogen-bond donors (Lipinski definition) is 1. The van der Waals surface area contributed by atoms with Crippen molar-refractivity contribution in [3.05, 3.63) is 47.9 Å². The third-order valence-corrected chi connectivity index (χ3v) is 5.24. The lowest BCUT2D eigenvalue weighted by molar-refractivity contribution is 0.549. The molecule has 1 aliphatic rings. The van der Waals surface area contributed by atoms with E-state index in [1.807, 2.05) is 26.0 Å². The maximum absolute atomic E-state index is 12.2. The number of hydrogen-bond acceptors (Lipinski definition) is 3. The van der Waals surface area contributed by atoms with Crippen LogP contribution in [0.5, 0.6) is 0 Å². The molecular formula is C15H19N3O2S. The summed E-state index contributed by atoms with van der Waals surface area (Å²) in [6.07, 6.45) is 4.05. The van der Waals surface area contributed by atoms with Crippen LogP contribution in [-0.2, 0) is 16.4 Å². The maximum Gasteiger partial charge on any atom is 0.259 e. The largest absolute Gasteiger partial charge is 0.334 e. The monoisotopic (exact) mass is 305 g/mol. The van der Waals surface area contributed by atoms with Crippen molar-refractivity contribution in [1.82, 2.24) is 14.3 Å². The average molecular weight is 305 g/mol. The first kappa shape index (κ1) is 14.3. The number of benzene rings is 1. The molecule has 3 rings (SSSR count). The van der Waals surface area contributed by atoms with E-state index >= 15 is 0 Å². The zero-order valence-electron chi connectivity index (χ0n) is 12.2. The highest BCUT2D eigenvalue weighted by atomic mass is 32.2. The number of sulfonamides is 1. The lowest BCUT2D eigenvalue weighted by atomic mass is 9.78. The van der Waals surface area contributed by atoms with Gasteiger partial charge in [0.1, 0.15) is 0 Å². The molecule has 1 aromatic heterocycles. The Kier molecular flexibility index (Phi) is 3.59. The highest BCUT2D eigenvalue weighted by Gasteiger charge is 2.27. The second kappa shape index (κ2) is 5.27. The standard InChI is InChI=1S/C15H19N3O2S/c1-11(2)18-9-15(16-10-18)21(19,20)17-8-13-7-12-5-3-4-6-14(12)13/h3-6,9-11,13,17H,7-8H2,1-2H3/t13-/m1/s1. The molecule has 0 bridgehead atoms. The lowest BCUT2D eigenvalue weighted by Crippen LogP contribution is -2.33. The Balaban J connectivity index is 1.67. The molecule has 1 atom stereocenters. The van der Waals surface area contributed by atoms with Gasteiger partial charge in [-0.2, -0.15) is 0 Å². The van der Waals surface area contributed by atoms with E-state index in [0.29, 0.717) is 6.54 Å². The molecule has 0 unspecified atom stereocenters. The minimum Gasteiger partial charge on any atom is -0.334 e. The van der Waals surface area contributed by atoms with Crippen LogP contribution in [-0.4, -0.2) is 24.5 Å². The summed E-state index contributed by atoms with van der Waals surface area (Å²) in [5, 5.41) is 0.0869. The van der Waals surface area contributed by atoms with Gasteiger partial charge in [0.25, 0.3) is 10.0 Å². The number of nitrogens with one attached hydrogen (secondary N) is 1. The molecule has 2 aromatic rings. The van der Waals surface area contributed by atoms with E-state index in [2.05, 4.69) is 21.8 Å². The third-order valence-electron chi connectivity index (χ3n) is 3.93. The van der Waals surface area contributed by atoms with Crippen LogP contribution in [0.15, 0.2) is 41.8 Å². The Morgan fingerprint density at radius 1 is 1.38 bits per heavy atom. The van der Waals surface area contributed by atoms with Crippen molar-refractivity contribution >= 4 is 10.0 Å². The van der Waals surface area contributed by atoms with Crippen LogP contribution < -0.4 is 4.72 Å². The molecule has 0 fully saturated rings. The average Bonchev–Trinajstić information content (AvgIpc) is 2.90. The fourth-order valence-electron chi connectivity index (χ4n) is 2.57. The highest BCUT2D eigenvalue weighted by Crippen LogP contribution is 2.34. The summed E-state index contributed by atoms with van der Waals surface area (Å²) in [4.78, 5) is 3.99. The highest BCUT2D eigenvalue weighted by molar-refractivity contribution is 7.89. The molecule has 21 heavy (non-hydrogen) atoms. The molecule has 1 N–H and O–H groups in total. The van der Waals surface area contributed by atoms with Gasteiger partial charge < -0.3 is 4.57 Å². The number of aromatic nitrogens is 2. The van der Waals surface area contributed by atoms with Crippen LogP contribution in [0, 0.1) is 0 Å².